The molecular formula is C19H24N2O4S. The zero-order chi connectivity index (χ0) is 18.5. The second-order valence-electron chi connectivity index (χ2n) is 6.21. The minimum Gasteiger partial charge on any atom is -0.493 e. The zero-order valence-corrected chi connectivity index (χ0v) is 16.1. The highest BCUT2D eigenvalue weighted by molar-refractivity contribution is 8.18. The highest BCUT2D eigenvalue weighted by atomic mass is 32.2. The molecule has 1 aliphatic heterocycles. The molecule has 0 aromatic heterocycles. The highest BCUT2D eigenvalue weighted by Crippen LogP contribution is 2.41. The molecular weight excluding hydrogens is 352 g/mol. The van der Waals surface area contributed by atoms with Crippen molar-refractivity contribution in [3.63, 3.8) is 0 Å². The van der Waals surface area contributed by atoms with Crippen LogP contribution >= 0.6 is 11.8 Å². The van der Waals surface area contributed by atoms with Crippen LogP contribution in [0.3, 0.4) is 0 Å². The second-order valence-corrected chi connectivity index (χ2v) is 7.25. The number of amides is 1. The zero-order valence-electron chi connectivity index (χ0n) is 15.3. The van der Waals surface area contributed by atoms with E-state index in [-0.39, 0.29) is 5.91 Å². The molecule has 140 valence electrons. The van der Waals surface area contributed by atoms with E-state index in [0.717, 1.165) is 18.4 Å². The van der Waals surface area contributed by atoms with Gasteiger partial charge in [-0.2, -0.15) is 0 Å². The lowest BCUT2D eigenvalue weighted by Crippen LogP contribution is -2.22. The molecule has 1 aromatic rings. The molecule has 6 nitrogen and oxygen atoms in total. The maximum absolute atomic E-state index is 12.3. The van der Waals surface area contributed by atoms with Gasteiger partial charge in [-0.05, 0) is 42.8 Å². The molecule has 2 fully saturated rings. The topological polar surface area (TPSA) is 69.2 Å². The second kappa shape index (κ2) is 8.49. The molecule has 0 radical (unpaired) electrons. The van der Waals surface area contributed by atoms with Crippen LogP contribution in [0.4, 0.5) is 0 Å². The van der Waals surface area contributed by atoms with Crippen molar-refractivity contribution < 1.29 is 19.0 Å². The monoisotopic (exact) mass is 376 g/mol. The Morgan fingerprint density at radius 3 is 2.46 bits per heavy atom. The quantitative estimate of drug-likeness (QED) is 0.795. The van der Waals surface area contributed by atoms with Gasteiger partial charge < -0.3 is 19.5 Å². The molecule has 0 spiro atoms. The highest BCUT2D eigenvalue weighted by Gasteiger charge is 2.26. The summed E-state index contributed by atoms with van der Waals surface area (Å²) in [5.74, 6) is 1.48. The minimum absolute atomic E-state index is 0.138. The van der Waals surface area contributed by atoms with Gasteiger partial charge in [-0.1, -0.05) is 19.3 Å². The van der Waals surface area contributed by atoms with Crippen molar-refractivity contribution >= 4 is 28.9 Å². The van der Waals surface area contributed by atoms with Crippen LogP contribution in [0.5, 0.6) is 17.2 Å². The Hall–Kier alpha value is -2.15. The van der Waals surface area contributed by atoms with Crippen LogP contribution in [0.25, 0.3) is 6.08 Å². The molecule has 7 heteroatoms. The summed E-state index contributed by atoms with van der Waals surface area (Å²) < 4.78 is 16.2. The van der Waals surface area contributed by atoms with Gasteiger partial charge in [0.15, 0.2) is 16.7 Å². The summed E-state index contributed by atoms with van der Waals surface area (Å²) in [5.41, 5.74) is 0.752. The fraction of sp³-hybridized carbons (Fsp3) is 0.474. The van der Waals surface area contributed by atoms with Crippen LogP contribution < -0.4 is 19.5 Å². The third-order valence-electron chi connectivity index (χ3n) is 4.55. The average Bonchev–Trinajstić information content (AvgIpc) is 3.00. The average molecular weight is 376 g/mol. The maximum atomic E-state index is 12.3. The number of aliphatic imine (C=N–C) groups is 1. The Balaban J connectivity index is 1.85. The van der Waals surface area contributed by atoms with E-state index >= 15 is 0 Å². The first-order chi connectivity index (χ1) is 12.7. The summed E-state index contributed by atoms with van der Waals surface area (Å²) >= 11 is 1.37. The molecule has 26 heavy (non-hydrogen) atoms. The van der Waals surface area contributed by atoms with Crippen LogP contribution in [0.1, 0.15) is 37.7 Å². The fourth-order valence-corrected chi connectivity index (χ4v) is 4.13. The summed E-state index contributed by atoms with van der Waals surface area (Å²) in [5, 5.41) is 3.56. The number of carbonyl (C=O) groups excluding carboxylic acids is 1. The molecule has 1 heterocycles. The fourth-order valence-electron chi connectivity index (χ4n) is 3.24. The van der Waals surface area contributed by atoms with Gasteiger partial charge >= 0.3 is 0 Å². The van der Waals surface area contributed by atoms with Crippen molar-refractivity contribution in [1.82, 2.24) is 5.32 Å². The van der Waals surface area contributed by atoms with Gasteiger partial charge in [0.05, 0.1) is 32.3 Å². The van der Waals surface area contributed by atoms with Crippen molar-refractivity contribution in [2.75, 3.05) is 21.3 Å². The Bertz CT molecular complexity index is 739. The van der Waals surface area contributed by atoms with Crippen molar-refractivity contribution in [2.45, 2.75) is 38.1 Å². The van der Waals surface area contributed by atoms with E-state index < -0.39 is 0 Å². The van der Waals surface area contributed by atoms with Gasteiger partial charge in [-0.15, -0.1) is 0 Å². The van der Waals surface area contributed by atoms with E-state index in [1.54, 1.807) is 33.5 Å². The molecule has 1 aromatic carbocycles. The number of nitrogens with one attached hydrogen (secondary N) is 1. The number of benzene rings is 1. The van der Waals surface area contributed by atoms with E-state index in [9.17, 15) is 4.79 Å². The standard InChI is InChI=1S/C19H24N2O4S/c1-23-14-10-9-12(16(24-2)17(14)25-3)11-15-18(22)21-19(26-15)20-13-7-5-4-6-8-13/h9-11,13H,4-8H2,1-3H3,(H,20,21,22)/b15-11+. The Morgan fingerprint density at radius 1 is 1.08 bits per heavy atom. The van der Waals surface area contributed by atoms with E-state index in [1.807, 2.05) is 6.07 Å². The third-order valence-corrected chi connectivity index (χ3v) is 5.47. The van der Waals surface area contributed by atoms with Gasteiger partial charge in [0.1, 0.15) is 0 Å². The molecule has 1 amide bonds. The van der Waals surface area contributed by atoms with E-state index in [4.69, 9.17) is 19.2 Å². The number of methoxy groups -OCH3 is 3. The van der Waals surface area contributed by atoms with Crippen LogP contribution in [0, 0.1) is 0 Å². The minimum atomic E-state index is -0.138. The van der Waals surface area contributed by atoms with E-state index in [2.05, 4.69) is 5.32 Å². The van der Waals surface area contributed by atoms with Crippen molar-refractivity contribution in [3.05, 3.63) is 22.6 Å². The summed E-state index contributed by atoms with van der Waals surface area (Å²) in [6.07, 6.45) is 7.71. The molecule has 1 aliphatic carbocycles. The summed E-state index contributed by atoms with van der Waals surface area (Å²) in [6, 6.07) is 3.96. The number of carbonyl (C=O) groups is 1. The molecule has 2 aliphatic rings. The Morgan fingerprint density at radius 2 is 1.81 bits per heavy atom. The van der Waals surface area contributed by atoms with Gasteiger partial charge in [0.25, 0.3) is 5.91 Å². The lowest BCUT2D eigenvalue weighted by atomic mass is 9.96. The Kier molecular flexibility index (Phi) is 6.08. The lowest BCUT2D eigenvalue weighted by molar-refractivity contribution is -0.115. The largest absolute Gasteiger partial charge is 0.493 e. The summed E-state index contributed by atoms with van der Waals surface area (Å²) in [7, 11) is 4.70. The number of rotatable bonds is 5. The van der Waals surface area contributed by atoms with Crippen LogP contribution in [0.15, 0.2) is 22.0 Å². The van der Waals surface area contributed by atoms with Crippen molar-refractivity contribution in [2.24, 2.45) is 4.99 Å². The number of hydrogen-bond donors (Lipinski definition) is 1. The van der Waals surface area contributed by atoms with Crippen molar-refractivity contribution in [3.8, 4) is 17.2 Å². The number of nitrogens with zero attached hydrogens (tertiary/aromatic N) is 1. The van der Waals surface area contributed by atoms with Crippen LogP contribution in [-0.2, 0) is 4.79 Å². The smallest absolute Gasteiger partial charge is 0.264 e. The maximum Gasteiger partial charge on any atom is 0.264 e. The van der Waals surface area contributed by atoms with Gasteiger partial charge in [-0.3, -0.25) is 9.79 Å². The number of ether oxygens (including phenoxy) is 3. The molecule has 3 rings (SSSR count). The predicted octanol–water partition coefficient (Wildman–Crippen LogP) is 3.61. The normalized spacial score (nSPS) is 21.1. The Labute approximate surface area is 158 Å². The predicted molar refractivity (Wildman–Crippen MR) is 104 cm³/mol. The van der Waals surface area contributed by atoms with Crippen molar-refractivity contribution in [1.29, 1.82) is 0 Å². The molecule has 0 bridgehead atoms. The van der Waals surface area contributed by atoms with Crippen LogP contribution in [0.2, 0.25) is 0 Å². The van der Waals surface area contributed by atoms with Gasteiger partial charge in [0, 0.05) is 5.56 Å². The van der Waals surface area contributed by atoms with Crippen LogP contribution in [-0.4, -0.2) is 38.4 Å². The lowest BCUT2D eigenvalue weighted by Gasteiger charge is -2.17. The molecule has 1 saturated carbocycles. The summed E-state index contributed by atoms with van der Waals surface area (Å²) in [4.78, 5) is 17.6. The molecule has 1 N–H and O–H groups in total. The first-order valence-corrected chi connectivity index (χ1v) is 9.55. The first kappa shape index (κ1) is 18.6. The third kappa shape index (κ3) is 3.98. The van der Waals surface area contributed by atoms with E-state index in [1.165, 1.54) is 31.0 Å². The van der Waals surface area contributed by atoms with Gasteiger partial charge in [0.2, 0.25) is 5.75 Å². The molecule has 1 saturated heterocycles. The SMILES string of the molecule is COc1ccc(/C=C2/SC(=NC3CCCCC3)NC2=O)c(OC)c1OC. The van der Waals surface area contributed by atoms with E-state index in [0.29, 0.717) is 33.4 Å². The molecule has 0 atom stereocenters. The summed E-state index contributed by atoms with van der Waals surface area (Å²) in [6.45, 7) is 0. The number of amidine groups is 1. The molecule has 0 unspecified atom stereocenters. The first-order valence-electron chi connectivity index (χ1n) is 8.74. The number of hydrogen-bond acceptors (Lipinski definition) is 6. The van der Waals surface area contributed by atoms with Gasteiger partial charge in [-0.25, -0.2) is 0 Å². The number of thioether (sulfide) groups is 1.